The lowest BCUT2D eigenvalue weighted by atomic mass is 10.2. The van der Waals surface area contributed by atoms with Crippen molar-refractivity contribution < 1.29 is 27.4 Å². The molecule has 0 bridgehead atoms. The van der Waals surface area contributed by atoms with E-state index in [1.54, 1.807) is 0 Å². The van der Waals surface area contributed by atoms with Crippen molar-refractivity contribution in [2.45, 2.75) is 6.36 Å². The van der Waals surface area contributed by atoms with Gasteiger partial charge in [0.2, 0.25) is 0 Å². The fourth-order valence-corrected chi connectivity index (χ4v) is 1.82. The zero-order chi connectivity index (χ0) is 17.9. The van der Waals surface area contributed by atoms with Gasteiger partial charge in [-0.15, -0.1) is 13.2 Å². The van der Waals surface area contributed by atoms with Crippen molar-refractivity contribution in [3.8, 4) is 11.5 Å². The number of hydrogen-bond acceptors (Lipinski definition) is 5. The average molecular weight is 343 g/mol. The third-order valence-electron chi connectivity index (χ3n) is 2.90. The maximum Gasteiger partial charge on any atom is 0.573 e. The standard InChI is InChI=1S/C14H12F3N3O4/c1-20-13(22)11(10(23-2)7-18-20)12(21)19-8-3-5-9(6-4-8)24-14(15,16)17/h3-7H,1-2H3,(H,19,21). The molecule has 7 nitrogen and oxygen atoms in total. The molecule has 0 atom stereocenters. The predicted octanol–water partition coefficient (Wildman–Crippen LogP) is 1.94. The molecule has 0 aliphatic rings. The monoisotopic (exact) mass is 343 g/mol. The fourth-order valence-electron chi connectivity index (χ4n) is 1.82. The van der Waals surface area contributed by atoms with Gasteiger partial charge in [-0.2, -0.15) is 5.10 Å². The molecule has 10 heteroatoms. The number of amides is 1. The molecule has 24 heavy (non-hydrogen) atoms. The van der Waals surface area contributed by atoms with Crippen molar-refractivity contribution in [1.82, 2.24) is 9.78 Å². The van der Waals surface area contributed by atoms with Crippen LogP contribution in [0.3, 0.4) is 0 Å². The summed E-state index contributed by atoms with van der Waals surface area (Å²) in [5.74, 6) is -1.23. The van der Waals surface area contributed by atoms with E-state index in [2.05, 4.69) is 15.2 Å². The van der Waals surface area contributed by atoms with Crippen molar-refractivity contribution in [2.24, 2.45) is 7.05 Å². The zero-order valence-corrected chi connectivity index (χ0v) is 12.5. The van der Waals surface area contributed by atoms with E-state index in [1.165, 1.54) is 32.5 Å². The van der Waals surface area contributed by atoms with Crippen LogP contribution in [-0.4, -0.2) is 29.2 Å². The maximum absolute atomic E-state index is 12.2. The largest absolute Gasteiger partial charge is 0.573 e. The molecule has 1 amide bonds. The van der Waals surface area contributed by atoms with E-state index < -0.39 is 23.6 Å². The first-order valence-corrected chi connectivity index (χ1v) is 6.48. The van der Waals surface area contributed by atoms with Gasteiger partial charge in [-0.1, -0.05) is 0 Å². The summed E-state index contributed by atoms with van der Waals surface area (Å²) in [5, 5.41) is 6.12. The van der Waals surface area contributed by atoms with Crippen LogP contribution in [0.5, 0.6) is 11.5 Å². The molecule has 0 radical (unpaired) electrons. The number of rotatable bonds is 4. The fraction of sp³-hybridized carbons (Fsp3) is 0.214. The number of carbonyl (C=O) groups is 1. The predicted molar refractivity (Wildman–Crippen MR) is 77.1 cm³/mol. The average Bonchev–Trinajstić information content (AvgIpc) is 2.50. The Kier molecular flexibility index (Phi) is 4.77. The summed E-state index contributed by atoms with van der Waals surface area (Å²) in [5.41, 5.74) is -0.773. The van der Waals surface area contributed by atoms with Gasteiger partial charge in [0.25, 0.3) is 11.5 Å². The van der Waals surface area contributed by atoms with Crippen LogP contribution in [0.4, 0.5) is 18.9 Å². The molecular formula is C14H12F3N3O4. The number of carbonyl (C=O) groups excluding carboxylic acids is 1. The van der Waals surface area contributed by atoms with Crippen LogP contribution in [-0.2, 0) is 7.05 Å². The summed E-state index contributed by atoms with van der Waals surface area (Å²) in [4.78, 5) is 24.2. The summed E-state index contributed by atoms with van der Waals surface area (Å²) in [6, 6.07) is 4.48. The zero-order valence-electron chi connectivity index (χ0n) is 12.5. The second-order valence-corrected chi connectivity index (χ2v) is 4.54. The molecule has 1 aromatic heterocycles. The highest BCUT2D eigenvalue weighted by molar-refractivity contribution is 6.05. The minimum Gasteiger partial charge on any atom is -0.494 e. The van der Waals surface area contributed by atoms with Crippen molar-refractivity contribution in [3.63, 3.8) is 0 Å². The van der Waals surface area contributed by atoms with Gasteiger partial charge in [0.15, 0.2) is 5.75 Å². The highest BCUT2D eigenvalue weighted by atomic mass is 19.4. The Hall–Kier alpha value is -3.04. The molecule has 0 spiro atoms. The summed E-state index contributed by atoms with van der Waals surface area (Å²) >= 11 is 0. The number of aryl methyl sites for hydroxylation is 1. The van der Waals surface area contributed by atoms with Gasteiger partial charge < -0.3 is 14.8 Å². The van der Waals surface area contributed by atoms with E-state index in [1.807, 2.05) is 0 Å². The van der Waals surface area contributed by atoms with Gasteiger partial charge in [0.1, 0.15) is 11.3 Å². The molecule has 2 rings (SSSR count). The lowest BCUT2D eigenvalue weighted by molar-refractivity contribution is -0.274. The van der Waals surface area contributed by atoms with Gasteiger partial charge in [-0.3, -0.25) is 9.59 Å². The lowest BCUT2D eigenvalue weighted by Crippen LogP contribution is -2.29. The first kappa shape index (κ1) is 17.3. The lowest BCUT2D eigenvalue weighted by Gasteiger charge is -2.11. The topological polar surface area (TPSA) is 82.5 Å². The van der Waals surface area contributed by atoms with Crippen LogP contribution in [0, 0.1) is 0 Å². The van der Waals surface area contributed by atoms with Crippen LogP contribution >= 0.6 is 0 Å². The van der Waals surface area contributed by atoms with Crippen LogP contribution in [0.25, 0.3) is 0 Å². The van der Waals surface area contributed by atoms with Crippen molar-refractivity contribution in [2.75, 3.05) is 12.4 Å². The van der Waals surface area contributed by atoms with E-state index in [0.29, 0.717) is 0 Å². The minimum absolute atomic E-state index is 0.0207. The molecule has 0 fully saturated rings. The SMILES string of the molecule is COc1cnn(C)c(=O)c1C(=O)Nc1ccc(OC(F)(F)F)cc1. The Morgan fingerprint density at radius 2 is 1.88 bits per heavy atom. The first-order valence-electron chi connectivity index (χ1n) is 6.48. The van der Waals surface area contributed by atoms with E-state index in [0.717, 1.165) is 16.8 Å². The molecule has 128 valence electrons. The summed E-state index contributed by atoms with van der Waals surface area (Å²) < 4.78 is 45.9. The molecule has 0 aliphatic heterocycles. The van der Waals surface area contributed by atoms with E-state index in [4.69, 9.17) is 4.74 Å². The summed E-state index contributed by atoms with van der Waals surface area (Å²) in [6.07, 6.45) is -3.60. The quantitative estimate of drug-likeness (QED) is 0.917. The van der Waals surface area contributed by atoms with Crippen molar-refractivity contribution in [3.05, 3.63) is 46.4 Å². The van der Waals surface area contributed by atoms with Crippen LogP contribution in [0.2, 0.25) is 0 Å². The third-order valence-corrected chi connectivity index (χ3v) is 2.90. The maximum atomic E-state index is 12.2. The summed E-state index contributed by atoms with van der Waals surface area (Å²) in [7, 11) is 2.64. The number of ether oxygens (including phenoxy) is 2. The summed E-state index contributed by atoms with van der Waals surface area (Å²) in [6.45, 7) is 0. The molecule has 2 aromatic rings. The Balaban J connectivity index is 2.22. The highest BCUT2D eigenvalue weighted by Gasteiger charge is 2.31. The third kappa shape index (κ3) is 4.03. The van der Waals surface area contributed by atoms with Gasteiger partial charge in [0.05, 0.1) is 13.3 Å². The Morgan fingerprint density at radius 3 is 2.42 bits per heavy atom. The number of halogens is 3. The second kappa shape index (κ2) is 6.60. The first-order chi connectivity index (χ1) is 11.2. The van der Waals surface area contributed by atoms with Crippen molar-refractivity contribution >= 4 is 11.6 Å². The van der Waals surface area contributed by atoms with E-state index >= 15 is 0 Å². The van der Waals surface area contributed by atoms with E-state index in [-0.39, 0.29) is 17.0 Å². The normalized spacial score (nSPS) is 11.0. The Morgan fingerprint density at radius 1 is 1.25 bits per heavy atom. The smallest absolute Gasteiger partial charge is 0.494 e. The molecule has 1 heterocycles. The van der Waals surface area contributed by atoms with Gasteiger partial charge in [0, 0.05) is 12.7 Å². The molecule has 1 N–H and O–H groups in total. The van der Waals surface area contributed by atoms with Crippen LogP contribution in [0.1, 0.15) is 10.4 Å². The number of methoxy groups -OCH3 is 1. The number of anilines is 1. The molecule has 0 saturated heterocycles. The molecule has 0 aliphatic carbocycles. The van der Waals surface area contributed by atoms with E-state index in [9.17, 15) is 22.8 Å². The molecule has 0 saturated carbocycles. The second-order valence-electron chi connectivity index (χ2n) is 4.54. The van der Waals surface area contributed by atoms with Gasteiger partial charge >= 0.3 is 6.36 Å². The number of nitrogens with one attached hydrogen (secondary N) is 1. The highest BCUT2D eigenvalue weighted by Crippen LogP contribution is 2.24. The van der Waals surface area contributed by atoms with Gasteiger partial charge in [-0.05, 0) is 24.3 Å². The van der Waals surface area contributed by atoms with Gasteiger partial charge in [-0.25, -0.2) is 4.68 Å². The van der Waals surface area contributed by atoms with Crippen molar-refractivity contribution in [1.29, 1.82) is 0 Å². The molecular weight excluding hydrogens is 331 g/mol. The minimum atomic E-state index is -4.80. The Labute approximate surface area is 133 Å². The number of benzene rings is 1. The number of alkyl halides is 3. The number of nitrogens with zero attached hydrogens (tertiary/aromatic N) is 2. The number of aromatic nitrogens is 2. The molecule has 0 unspecified atom stereocenters. The molecule has 1 aromatic carbocycles. The van der Waals surface area contributed by atoms with Crippen LogP contribution < -0.4 is 20.3 Å². The number of hydrogen-bond donors (Lipinski definition) is 1. The Bertz CT molecular complexity index is 800. The van der Waals surface area contributed by atoms with Crippen LogP contribution in [0.15, 0.2) is 35.3 Å².